The first kappa shape index (κ1) is 19.9. The van der Waals surface area contributed by atoms with Gasteiger partial charge in [0.25, 0.3) is 0 Å². The SMILES string of the molecule is CCc1cc(=O)oc2c3c(c(Cl)cc12)OCN(c1ccc(C(F)(F)F)cc1Cl)C3. The van der Waals surface area contributed by atoms with Crippen molar-refractivity contribution >= 4 is 39.9 Å². The number of rotatable bonds is 2. The lowest BCUT2D eigenvalue weighted by Crippen LogP contribution is -2.32. The van der Waals surface area contributed by atoms with Crippen LogP contribution in [-0.4, -0.2) is 6.73 Å². The number of nitrogens with zero attached hydrogens (tertiary/aromatic N) is 1. The van der Waals surface area contributed by atoms with E-state index < -0.39 is 17.4 Å². The Morgan fingerprint density at radius 2 is 1.90 bits per heavy atom. The molecule has 4 rings (SSSR count). The van der Waals surface area contributed by atoms with Crippen LogP contribution in [0.15, 0.2) is 39.5 Å². The minimum absolute atomic E-state index is 0.0288. The highest BCUT2D eigenvalue weighted by Crippen LogP contribution is 2.42. The second-order valence-electron chi connectivity index (χ2n) is 6.62. The monoisotopic (exact) mass is 443 g/mol. The Morgan fingerprint density at radius 3 is 2.55 bits per heavy atom. The quantitative estimate of drug-likeness (QED) is 0.453. The Labute approximate surface area is 173 Å². The van der Waals surface area contributed by atoms with Crippen LogP contribution in [0.5, 0.6) is 5.75 Å². The van der Waals surface area contributed by atoms with E-state index in [1.165, 1.54) is 12.1 Å². The smallest absolute Gasteiger partial charge is 0.416 e. The van der Waals surface area contributed by atoms with Gasteiger partial charge in [0.2, 0.25) is 0 Å². The standard InChI is InChI=1S/C20H14Cl2F3NO3/c1-2-10-5-17(27)29-18-12(10)7-15(22)19-13(18)8-26(9-28-19)16-4-3-11(6-14(16)21)20(23,24)25/h3-7H,2,8-9H2,1H3. The summed E-state index contributed by atoms with van der Waals surface area (Å²) in [6.45, 7) is 2.14. The number of benzene rings is 2. The van der Waals surface area contributed by atoms with Gasteiger partial charge in [-0.2, -0.15) is 13.2 Å². The van der Waals surface area contributed by atoms with Crippen molar-refractivity contribution in [2.45, 2.75) is 26.1 Å². The Hall–Kier alpha value is -2.38. The molecule has 0 unspecified atom stereocenters. The lowest BCUT2D eigenvalue weighted by molar-refractivity contribution is -0.137. The zero-order valence-electron chi connectivity index (χ0n) is 15.1. The Kier molecular flexibility index (Phi) is 4.91. The summed E-state index contributed by atoms with van der Waals surface area (Å²) < 4.78 is 49.9. The highest BCUT2D eigenvalue weighted by atomic mass is 35.5. The summed E-state index contributed by atoms with van der Waals surface area (Å²) in [5.41, 5.74) is 0.710. The maximum atomic E-state index is 12.9. The zero-order chi connectivity index (χ0) is 20.9. The molecule has 1 aliphatic heterocycles. The van der Waals surface area contributed by atoms with Crippen LogP contribution < -0.4 is 15.3 Å². The van der Waals surface area contributed by atoms with E-state index in [-0.39, 0.29) is 18.3 Å². The van der Waals surface area contributed by atoms with Gasteiger partial charge in [0.15, 0.2) is 6.73 Å². The van der Waals surface area contributed by atoms with E-state index in [0.717, 1.165) is 17.7 Å². The van der Waals surface area contributed by atoms with Crippen molar-refractivity contribution in [3.05, 3.63) is 67.5 Å². The van der Waals surface area contributed by atoms with E-state index >= 15 is 0 Å². The number of fused-ring (bicyclic) bond motifs is 3. The summed E-state index contributed by atoms with van der Waals surface area (Å²) in [5, 5.41) is 1.00. The summed E-state index contributed by atoms with van der Waals surface area (Å²) in [4.78, 5) is 13.6. The molecule has 0 saturated heterocycles. The van der Waals surface area contributed by atoms with Crippen LogP contribution in [0.25, 0.3) is 11.0 Å². The molecule has 9 heteroatoms. The number of ether oxygens (including phenoxy) is 1. The second kappa shape index (κ2) is 7.15. The molecule has 0 fully saturated rings. The predicted molar refractivity (Wildman–Crippen MR) is 105 cm³/mol. The lowest BCUT2D eigenvalue weighted by atomic mass is 10.0. The van der Waals surface area contributed by atoms with Gasteiger partial charge < -0.3 is 14.1 Å². The van der Waals surface area contributed by atoms with Crippen molar-refractivity contribution in [1.29, 1.82) is 0 Å². The van der Waals surface area contributed by atoms with E-state index in [2.05, 4.69) is 0 Å². The van der Waals surface area contributed by atoms with Crippen molar-refractivity contribution in [1.82, 2.24) is 0 Å². The van der Waals surface area contributed by atoms with Crippen molar-refractivity contribution in [2.75, 3.05) is 11.6 Å². The number of halogens is 5. The molecule has 0 aliphatic carbocycles. The number of anilines is 1. The average Bonchev–Trinajstić information content (AvgIpc) is 2.67. The van der Waals surface area contributed by atoms with E-state index in [0.29, 0.717) is 39.4 Å². The normalized spacial score (nSPS) is 14.1. The first-order chi connectivity index (χ1) is 13.7. The highest BCUT2D eigenvalue weighted by Gasteiger charge is 2.32. The van der Waals surface area contributed by atoms with Crippen molar-refractivity contribution < 1.29 is 22.3 Å². The van der Waals surface area contributed by atoms with E-state index in [4.69, 9.17) is 32.4 Å². The van der Waals surface area contributed by atoms with Crippen LogP contribution in [0.3, 0.4) is 0 Å². The third kappa shape index (κ3) is 3.53. The first-order valence-corrected chi connectivity index (χ1v) is 9.47. The summed E-state index contributed by atoms with van der Waals surface area (Å²) in [6.07, 6.45) is -3.89. The van der Waals surface area contributed by atoms with Crippen LogP contribution in [0.4, 0.5) is 18.9 Å². The minimum Gasteiger partial charge on any atom is -0.471 e. The first-order valence-electron chi connectivity index (χ1n) is 8.71. The number of alkyl halides is 3. The molecular formula is C20H14Cl2F3NO3. The molecule has 0 amide bonds. The maximum absolute atomic E-state index is 12.9. The number of hydrogen-bond acceptors (Lipinski definition) is 4. The molecule has 0 bridgehead atoms. The molecule has 1 aromatic heterocycles. The third-order valence-corrected chi connectivity index (χ3v) is 5.42. The van der Waals surface area contributed by atoms with E-state index in [9.17, 15) is 18.0 Å². The highest BCUT2D eigenvalue weighted by molar-refractivity contribution is 6.33. The molecular weight excluding hydrogens is 430 g/mol. The second-order valence-corrected chi connectivity index (χ2v) is 7.44. The molecule has 1 aliphatic rings. The topological polar surface area (TPSA) is 42.7 Å². The molecule has 0 saturated carbocycles. The van der Waals surface area contributed by atoms with E-state index in [1.807, 2.05) is 6.92 Å². The van der Waals surface area contributed by atoms with Gasteiger partial charge in [0, 0.05) is 11.5 Å². The van der Waals surface area contributed by atoms with Crippen LogP contribution in [0.1, 0.15) is 23.6 Å². The van der Waals surface area contributed by atoms with Gasteiger partial charge in [-0.05, 0) is 36.2 Å². The van der Waals surface area contributed by atoms with Gasteiger partial charge in [-0.1, -0.05) is 30.1 Å². The largest absolute Gasteiger partial charge is 0.471 e. The molecule has 152 valence electrons. The fraction of sp³-hybridized carbons (Fsp3) is 0.250. The summed E-state index contributed by atoms with van der Waals surface area (Å²) >= 11 is 12.5. The molecule has 4 nitrogen and oxygen atoms in total. The Bertz CT molecular complexity index is 1170. The van der Waals surface area contributed by atoms with Crippen LogP contribution >= 0.6 is 23.2 Å². The molecule has 0 spiro atoms. The van der Waals surface area contributed by atoms with Gasteiger partial charge in [-0.3, -0.25) is 0 Å². The van der Waals surface area contributed by atoms with Crippen molar-refractivity contribution in [2.24, 2.45) is 0 Å². The average molecular weight is 444 g/mol. The summed E-state index contributed by atoms with van der Waals surface area (Å²) in [6, 6.07) is 6.23. The van der Waals surface area contributed by atoms with Crippen LogP contribution in [-0.2, 0) is 19.1 Å². The third-order valence-electron chi connectivity index (χ3n) is 4.83. The van der Waals surface area contributed by atoms with E-state index in [1.54, 1.807) is 11.0 Å². The minimum atomic E-state index is -4.49. The summed E-state index contributed by atoms with van der Waals surface area (Å²) in [7, 11) is 0. The fourth-order valence-corrected chi connectivity index (χ4v) is 4.02. The fourth-order valence-electron chi connectivity index (χ4n) is 3.44. The molecule has 2 heterocycles. The lowest BCUT2D eigenvalue weighted by Gasteiger charge is -2.32. The van der Waals surface area contributed by atoms with Crippen molar-refractivity contribution in [3.63, 3.8) is 0 Å². The number of hydrogen-bond donors (Lipinski definition) is 0. The molecule has 2 aromatic carbocycles. The molecule has 29 heavy (non-hydrogen) atoms. The zero-order valence-corrected chi connectivity index (χ0v) is 16.6. The van der Waals surface area contributed by atoms with Crippen LogP contribution in [0.2, 0.25) is 10.0 Å². The Balaban J connectivity index is 1.82. The summed E-state index contributed by atoms with van der Waals surface area (Å²) in [5.74, 6) is 0.384. The maximum Gasteiger partial charge on any atom is 0.416 e. The van der Waals surface area contributed by atoms with Gasteiger partial charge in [0.05, 0.1) is 33.4 Å². The van der Waals surface area contributed by atoms with Gasteiger partial charge >= 0.3 is 11.8 Å². The van der Waals surface area contributed by atoms with Gasteiger partial charge in [-0.15, -0.1) is 0 Å². The van der Waals surface area contributed by atoms with Gasteiger partial charge in [0.1, 0.15) is 11.3 Å². The van der Waals surface area contributed by atoms with Crippen molar-refractivity contribution in [3.8, 4) is 5.75 Å². The van der Waals surface area contributed by atoms with Crippen LogP contribution in [0, 0.1) is 0 Å². The molecule has 0 N–H and O–H groups in total. The number of aryl methyl sites for hydroxylation is 1. The molecule has 3 aromatic rings. The predicted octanol–water partition coefficient (Wildman–Crippen LogP) is 6.04. The van der Waals surface area contributed by atoms with Gasteiger partial charge in [-0.25, -0.2) is 4.79 Å². The molecule has 0 radical (unpaired) electrons. The Morgan fingerprint density at radius 1 is 1.14 bits per heavy atom. The molecule has 0 atom stereocenters.